The molecule has 1 aliphatic heterocycles. The van der Waals surface area contributed by atoms with E-state index in [0.29, 0.717) is 22.9 Å². The molecule has 0 radical (unpaired) electrons. The number of hydrogen-bond acceptors (Lipinski definition) is 4. The van der Waals surface area contributed by atoms with Crippen LogP contribution in [0, 0.1) is 0 Å². The quantitative estimate of drug-likeness (QED) is 0.904. The van der Waals surface area contributed by atoms with Crippen molar-refractivity contribution in [2.24, 2.45) is 11.5 Å². The first-order valence-corrected chi connectivity index (χ1v) is 6.91. The van der Waals surface area contributed by atoms with E-state index in [2.05, 4.69) is 4.98 Å². The third-order valence-electron chi connectivity index (χ3n) is 3.46. The number of primary amides is 1. The number of pyridine rings is 1. The number of nitrogens with two attached hydrogens (primary N) is 2. The summed E-state index contributed by atoms with van der Waals surface area (Å²) in [5.41, 5.74) is 13.8. The number of halogens is 1. The van der Waals surface area contributed by atoms with Crippen molar-refractivity contribution in [2.75, 3.05) is 6.54 Å². The van der Waals surface area contributed by atoms with E-state index in [1.165, 1.54) is 6.20 Å². The number of carbonyl (C=O) groups excluding carboxylic acids is 1. The molecule has 1 aliphatic rings. The Morgan fingerprint density at radius 1 is 1.43 bits per heavy atom. The number of carbonyl (C=O) groups is 1. The molecule has 6 heteroatoms. The summed E-state index contributed by atoms with van der Waals surface area (Å²) in [6, 6.07) is 7.17. The number of benzene rings is 1. The average Bonchev–Trinajstić information content (AvgIpc) is 2.91. The van der Waals surface area contributed by atoms with E-state index in [9.17, 15) is 4.79 Å². The number of ether oxygens (including phenoxy) is 1. The van der Waals surface area contributed by atoms with E-state index in [0.717, 1.165) is 23.2 Å². The van der Waals surface area contributed by atoms with Crippen LogP contribution >= 0.6 is 11.6 Å². The third-order valence-corrected chi connectivity index (χ3v) is 3.74. The highest BCUT2D eigenvalue weighted by Gasteiger charge is 2.25. The van der Waals surface area contributed by atoms with E-state index in [1.807, 2.05) is 6.07 Å². The molecule has 0 spiro atoms. The Kier molecular flexibility index (Phi) is 3.53. The second-order valence-corrected chi connectivity index (χ2v) is 5.33. The van der Waals surface area contributed by atoms with Gasteiger partial charge in [-0.1, -0.05) is 11.6 Å². The van der Waals surface area contributed by atoms with Crippen molar-refractivity contribution in [3.8, 4) is 17.0 Å². The molecule has 0 aliphatic carbocycles. The Balaban J connectivity index is 1.97. The summed E-state index contributed by atoms with van der Waals surface area (Å²) in [6.07, 6.45) is 2.16. The van der Waals surface area contributed by atoms with Crippen molar-refractivity contribution in [3.05, 3.63) is 46.6 Å². The maximum atomic E-state index is 11.1. The molecule has 0 bridgehead atoms. The molecular formula is C15H14ClN3O2. The lowest BCUT2D eigenvalue weighted by atomic mass is 10.0. The predicted molar refractivity (Wildman–Crippen MR) is 80.4 cm³/mol. The van der Waals surface area contributed by atoms with Gasteiger partial charge in [0.25, 0.3) is 0 Å². The van der Waals surface area contributed by atoms with E-state index in [4.69, 9.17) is 27.8 Å². The van der Waals surface area contributed by atoms with Crippen LogP contribution in [0.3, 0.4) is 0 Å². The van der Waals surface area contributed by atoms with Gasteiger partial charge in [0, 0.05) is 30.3 Å². The zero-order valence-electron chi connectivity index (χ0n) is 11.2. The Morgan fingerprint density at radius 2 is 2.24 bits per heavy atom. The normalized spacial score (nSPS) is 16.4. The van der Waals surface area contributed by atoms with Gasteiger partial charge in [0.15, 0.2) is 0 Å². The van der Waals surface area contributed by atoms with Gasteiger partial charge >= 0.3 is 0 Å². The molecule has 4 N–H and O–H groups in total. The van der Waals surface area contributed by atoms with Gasteiger partial charge in [-0.05, 0) is 24.3 Å². The standard InChI is InChI=1S/C15H14ClN3O2/c16-12-5-9(3-10-4-11(6-17)21-14(10)12)13-2-1-8(7-19-13)15(18)20/h1-3,5,7,11H,4,6,17H2,(H2,18,20)/t11-/m0/s1. The van der Waals surface area contributed by atoms with Crippen LogP contribution in [0.2, 0.25) is 5.02 Å². The van der Waals surface area contributed by atoms with Crippen molar-refractivity contribution in [3.63, 3.8) is 0 Å². The van der Waals surface area contributed by atoms with Gasteiger partial charge in [-0.25, -0.2) is 0 Å². The molecule has 1 aromatic carbocycles. The number of hydrogen-bond donors (Lipinski definition) is 2. The summed E-state index contributed by atoms with van der Waals surface area (Å²) in [7, 11) is 0. The molecule has 3 rings (SSSR count). The first-order chi connectivity index (χ1) is 10.1. The molecule has 21 heavy (non-hydrogen) atoms. The molecular weight excluding hydrogens is 290 g/mol. The second kappa shape index (κ2) is 5.35. The molecule has 0 saturated heterocycles. The second-order valence-electron chi connectivity index (χ2n) is 4.92. The SMILES string of the molecule is NC[C@@H]1Cc2cc(-c3ccc(C(N)=O)cn3)cc(Cl)c2O1. The zero-order valence-corrected chi connectivity index (χ0v) is 11.9. The number of amides is 1. The van der Waals surface area contributed by atoms with Gasteiger partial charge in [0.1, 0.15) is 11.9 Å². The fraction of sp³-hybridized carbons (Fsp3) is 0.200. The van der Waals surface area contributed by atoms with Crippen LogP contribution < -0.4 is 16.2 Å². The van der Waals surface area contributed by atoms with Crippen molar-refractivity contribution in [1.29, 1.82) is 0 Å². The monoisotopic (exact) mass is 303 g/mol. The van der Waals surface area contributed by atoms with E-state index >= 15 is 0 Å². The molecule has 0 saturated carbocycles. The van der Waals surface area contributed by atoms with Crippen LogP contribution in [-0.4, -0.2) is 23.5 Å². The van der Waals surface area contributed by atoms with Crippen LogP contribution in [0.1, 0.15) is 15.9 Å². The van der Waals surface area contributed by atoms with Crippen LogP contribution in [0.15, 0.2) is 30.5 Å². The van der Waals surface area contributed by atoms with Crippen molar-refractivity contribution in [1.82, 2.24) is 4.98 Å². The molecule has 0 unspecified atom stereocenters. The zero-order chi connectivity index (χ0) is 15.0. The van der Waals surface area contributed by atoms with Crippen LogP contribution in [0.4, 0.5) is 0 Å². The summed E-state index contributed by atoms with van der Waals surface area (Å²) >= 11 is 6.26. The lowest BCUT2D eigenvalue weighted by Gasteiger charge is -2.08. The predicted octanol–water partition coefficient (Wildman–Crippen LogP) is 1.76. The van der Waals surface area contributed by atoms with E-state index in [-0.39, 0.29) is 6.10 Å². The van der Waals surface area contributed by atoms with E-state index < -0.39 is 5.91 Å². The fourth-order valence-corrected chi connectivity index (χ4v) is 2.66. The number of aromatic nitrogens is 1. The maximum Gasteiger partial charge on any atom is 0.250 e. The summed E-state index contributed by atoms with van der Waals surface area (Å²) in [4.78, 5) is 15.3. The van der Waals surface area contributed by atoms with Crippen molar-refractivity contribution >= 4 is 17.5 Å². The first kappa shape index (κ1) is 13.9. The molecule has 5 nitrogen and oxygen atoms in total. The largest absolute Gasteiger partial charge is 0.487 e. The Hall–Kier alpha value is -2.11. The smallest absolute Gasteiger partial charge is 0.250 e. The molecule has 2 heterocycles. The molecule has 0 fully saturated rings. The molecule has 2 aromatic rings. The van der Waals surface area contributed by atoms with Gasteiger partial charge in [-0.2, -0.15) is 0 Å². The topological polar surface area (TPSA) is 91.2 Å². The molecule has 1 aromatic heterocycles. The molecule has 108 valence electrons. The third kappa shape index (κ3) is 2.57. The van der Waals surface area contributed by atoms with Gasteiger partial charge in [0.2, 0.25) is 5.91 Å². The Labute approximate surface area is 126 Å². The lowest BCUT2D eigenvalue weighted by Crippen LogP contribution is -2.24. The number of nitrogens with zero attached hydrogens (tertiary/aromatic N) is 1. The summed E-state index contributed by atoms with van der Waals surface area (Å²) < 4.78 is 5.69. The van der Waals surface area contributed by atoms with Crippen molar-refractivity contribution in [2.45, 2.75) is 12.5 Å². The number of fused-ring (bicyclic) bond motifs is 1. The van der Waals surface area contributed by atoms with Crippen LogP contribution in [0.5, 0.6) is 5.75 Å². The van der Waals surface area contributed by atoms with Gasteiger partial charge < -0.3 is 16.2 Å². The Bertz CT molecular complexity index is 701. The van der Waals surface area contributed by atoms with Gasteiger partial charge in [0.05, 0.1) is 16.3 Å². The van der Waals surface area contributed by atoms with E-state index in [1.54, 1.807) is 18.2 Å². The minimum Gasteiger partial charge on any atom is -0.487 e. The number of rotatable bonds is 3. The lowest BCUT2D eigenvalue weighted by molar-refractivity contribution is 0.1000. The summed E-state index contributed by atoms with van der Waals surface area (Å²) in [5, 5.41) is 0.541. The highest BCUT2D eigenvalue weighted by molar-refractivity contribution is 6.32. The fourth-order valence-electron chi connectivity index (χ4n) is 2.38. The first-order valence-electron chi connectivity index (χ1n) is 6.54. The van der Waals surface area contributed by atoms with Gasteiger partial charge in [-0.3, -0.25) is 9.78 Å². The van der Waals surface area contributed by atoms with Crippen LogP contribution in [-0.2, 0) is 6.42 Å². The van der Waals surface area contributed by atoms with Crippen LogP contribution in [0.25, 0.3) is 11.3 Å². The molecule has 1 atom stereocenters. The molecule has 1 amide bonds. The maximum absolute atomic E-state index is 11.1. The van der Waals surface area contributed by atoms with Crippen molar-refractivity contribution < 1.29 is 9.53 Å². The minimum absolute atomic E-state index is 0.0297. The Morgan fingerprint density at radius 3 is 2.86 bits per heavy atom. The summed E-state index contributed by atoms with van der Waals surface area (Å²) in [6.45, 7) is 0.450. The average molecular weight is 304 g/mol. The highest BCUT2D eigenvalue weighted by Crippen LogP contribution is 2.39. The van der Waals surface area contributed by atoms with Gasteiger partial charge in [-0.15, -0.1) is 0 Å². The minimum atomic E-state index is -0.500. The highest BCUT2D eigenvalue weighted by atomic mass is 35.5. The summed E-state index contributed by atoms with van der Waals surface area (Å²) in [5.74, 6) is 0.199.